The third-order valence-corrected chi connectivity index (χ3v) is 5.20. The number of para-hydroxylation sites is 1. The Bertz CT molecular complexity index is 1000. The van der Waals surface area contributed by atoms with E-state index in [4.69, 9.17) is 9.84 Å². The molecule has 0 saturated heterocycles. The van der Waals surface area contributed by atoms with Crippen molar-refractivity contribution in [2.75, 3.05) is 36.6 Å². The van der Waals surface area contributed by atoms with Gasteiger partial charge in [-0.05, 0) is 18.2 Å². The molecule has 2 heterocycles. The van der Waals surface area contributed by atoms with Crippen LogP contribution in [0.2, 0.25) is 0 Å². The van der Waals surface area contributed by atoms with Gasteiger partial charge in [0.1, 0.15) is 5.71 Å². The van der Waals surface area contributed by atoms with Gasteiger partial charge in [-0.15, -0.1) is 0 Å². The topological polar surface area (TPSA) is 94.4 Å². The fraction of sp³-hybridized carbons (Fsp3) is 0.200. The van der Waals surface area contributed by atoms with E-state index >= 15 is 0 Å². The van der Waals surface area contributed by atoms with Crippen LogP contribution < -0.4 is 10.2 Å². The lowest BCUT2D eigenvalue weighted by molar-refractivity contribution is -0.110. The van der Waals surface area contributed by atoms with E-state index in [1.54, 1.807) is 0 Å². The van der Waals surface area contributed by atoms with Crippen LogP contribution in [0.5, 0.6) is 0 Å². The van der Waals surface area contributed by atoms with Crippen molar-refractivity contribution in [3.63, 3.8) is 0 Å². The van der Waals surface area contributed by atoms with E-state index in [1.165, 1.54) is 0 Å². The van der Waals surface area contributed by atoms with Crippen LogP contribution >= 0.6 is 15.9 Å². The number of carbonyl (C=O) groups excluding carboxylic acids is 1. The molecule has 28 heavy (non-hydrogen) atoms. The Morgan fingerprint density at radius 3 is 2.75 bits per heavy atom. The summed E-state index contributed by atoms with van der Waals surface area (Å²) in [4.78, 5) is 14.8. The van der Waals surface area contributed by atoms with Crippen molar-refractivity contribution in [2.24, 2.45) is 5.16 Å². The smallest absolute Gasteiger partial charge is 0.258 e. The molecule has 2 aromatic carbocycles. The zero-order chi connectivity index (χ0) is 19.7. The third-order valence-electron chi connectivity index (χ3n) is 4.70. The van der Waals surface area contributed by atoms with Gasteiger partial charge in [0.25, 0.3) is 5.91 Å². The summed E-state index contributed by atoms with van der Waals surface area (Å²) in [6.45, 7) is 0.964. The number of amides is 1. The predicted molar refractivity (Wildman–Crippen MR) is 110 cm³/mol. The number of nitrogens with one attached hydrogen (secondary N) is 1. The molecule has 7 nitrogen and oxygen atoms in total. The number of hydrogen-bond donors (Lipinski definition) is 3. The van der Waals surface area contributed by atoms with Crippen LogP contribution in [0.4, 0.5) is 11.4 Å². The first-order valence-corrected chi connectivity index (χ1v) is 9.58. The van der Waals surface area contributed by atoms with Crippen molar-refractivity contribution >= 4 is 44.5 Å². The van der Waals surface area contributed by atoms with Crippen LogP contribution in [-0.4, -0.2) is 48.3 Å². The second-order valence-corrected chi connectivity index (χ2v) is 7.24. The average molecular weight is 444 g/mol. The zero-order valence-electron chi connectivity index (χ0n) is 14.9. The highest BCUT2D eigenvalue weighted by Gasteiger charge is 2.38. The van der Waals surface area contributed by atoms with Gasteiger partial charge in [-0.2, -0.15) is 0 Å². The molecule has 4 rings (SSSR count). The minimum absolute atomic E-state index is 0.0570. The Balaban J connectivity index is 1.86. The molecular formula is C20H18BrN3O4. The fourth-order valence-electron chi connectivity index (χ4n) is 3.57. The molecule has 3 N–H and O–H groups in total. The van der Waals surface area contributed by atoms with Crippen LogP contribution in [0.3, 0.4) is 0 Å². The van der Waals surface area contributed by atoms with E-state index in [9.17, 15) is 10.0 Å². The Hall–Kier alpha value is -2.68. The normalized spacial score (nSPS) is 19.1. The molecule has 2 aliphatic heterocycles. The Kier molecular flexibility index (Phi) is 5.17. The van der Waals surface area contributed by atoms with Gasteiger partial charge in [-0.25, -0.2) is 0 Å². The summed E-state index contributed by atoms with van der Waals surface area (Å²) in [7, 11) is 0. The molecule has 144 valence electrons. The number of nitrogens with zero attached hydrogens (tertiary/aromatic N) is 2. The van der Waals surface area contributed by atoms with Crippen molar-refractivity contribution in [3.8, 4) is 0 Å². The number of allylic oxidation sites excluding steroid dienone is 1. The Morgan fingerprint density at radius 2 is 1.96 bits per heavy atom. The molecule has 2 aromatic rings. The number of rotatable bonds is 5. The zero-order valence-corrected chi connectivity index (χ0v) is 16.4. The van der Waals surface area contributed by atoms with Gasteiger partial charge in [0, 0.05) is 22.1 Å². The van der Waals surface area contributed by atoms with Crippen molar-refractivity contribution in [1.29, 1.82) is 0 Å². The third kappa shape index (κ3) is 3.09. The molecule has 0 saturated carbocycles. The van der Waals surface area contributed by atoms with Crippen molar-refractivity contribution in [2.45, 2.75) is 0 Å². The van der Waals surface area contributed by atoms with Gasteiger partial charge in [0.05, 0.1) is 42.5 Å². The van der Waals surface area contributed by atoms with E-state index in [2.05, 4.69) is 26.4 Å². The number of ether oxygens (including phenoxy) is 1. The summed E-state index contributed by atoms with van der Waals surface area (Å²) in [5.41, 5.74) is 4.36. The lowest BCUT2D eigenvalue weighted by Crippen LogP contribution is -2.28. The number of oxime groups is 1. The van der Waals surface area contributed by atoms with Crippen LogP contribution in [0.25, 0.3) is 5.57 Å². The maximum absolute atomic E-state index is 12.9. The molecule has 0 radical (unpaired) electrons. The molecule has 0 aromatic heterocycles. The molecule has 0 atom stereocenters. The molecule has 8 heteroatoms. The highest BCUT2D eigenvalue weighted by atomic mass is 79.9. The molecule has 0 aliphatic carbocycles. The first-order valence-electron chi connectivity index (χ1n) is 8.79. The summed E-state index contributed by atoms with van der Waals surface area (Å²) in [5, 5.41) is 25.1. The largest absolute Gasteiger partial charge is 0.410 e. The maximum atomic E-state index is 12.9. The molecule has 0 bridgehead atoms. The molecule has 2 aliphatic rings. The monoisotopic (exact) mass is 443 g/mol. The van der Waals surface area contributed by atoms with Gasteiger partial charge in [0.2, 0.25) is 0 Å². The molecule has 0 spiro atoms. The number of anilines is 2. The molecule has 0 fully saturated rings. The van der Waals surface area contributed by atoms with Crippen molar-refractivity contribution in [1.82, 2.24) is 0 Å². The van der Waals surface area contributed by atoms with Gasteiger partial charge >= 0.3 is 0 Å². The van der Waals surface area contributed by atoms with Crippen molar-refractivity contribution < 1.29 is 19.8 Å². The highest BCUT2D eigenvalue weighted by molar-refractivity contribution is 9.10. The fourth-order valence-corrected chi connectivity index (χ4v) is 3.94. The first kappa shape index (κ1) is 18.7. The number of aliphatic hydroxyl groups is 1. The van der Waals surface area contributed by atoms with E-state index in [1.807, 2.05) is 47.4 Å². The number of aliphatic hydroxyl groups excluding tert-OH is 1. The molecule has 0 unspecified atom stereocenters. The van der Waals surface area contributed by atoms with E-state index in [0.717, 1.165) is 21.3 Å². The second kappa shape index (κ2) is 7.75. The lowest BCUT2D eigenvalue weighted by atomic mass is 10.0. The van der Waals surface area contributed by atoms with Gasteiger partial charge in [-0.3, -0.25) is 4.79 Å². The lowest BCUT2D eigenvalue weighted by Gasteiger charge is -2.22. The molecule has 1 amide bonds. The first-order chi connectivity index (χ1) is 13.7. The van der Waals surface area contributed by atoms with Crippen LogP contribution in [0.1, 0.15) is 11.1 Å². The average Bonchev–Trinajstić information content (AvgIpc) is 3.17. The summed E-state index contributed by atoms with van der Waals surface area (Å²) in [6.07, 6.45) is 0. The van der Waals surface area contributed by atoms with E-state index in [-0.39, 0.29) is 19.1 Å². The summed E-state index contributed by atoms with van der Waals surface area (Å²) in [6, 6.07) is 13.1. The quantitative estimate of drug-likeness (QED) is 0.286. The van der Waals surface area contributed by atoms with Gasteiger partial charge in [0.15, 0.2) is 0 Å². The van der Waals surface area contributed by atoms with Crippen LogP contribution in [-0.2, 0) is 9.53 Å². The van der Waals surface area contributed by atoms with E-state index in [0.29, 0.717) is 35.8 Å². The SMILES string of the molecule is O=C1Nc2cc(Br)ccc2/C1=C1\C(=N\O)c2ccccc2N1CCOCCO. The minimum atomic E-state index is -0.252. The van der Waals surface area contributed by atoms with Gasteiger partial charge < -0.3 is 25.3 Å². The summed E-state index contributed by atoms with van der Waals surface area (Å²) in [5.74, 6) is -0.252. The summed E-state index contributed by atoms with van der Waals surface area (Å²) >= 11 is 3.42. The number of halogens is 1. The standard InChI is InChI=1S/C20H18BrN3O4/c21-12-5-6-13-15(11-12)22-20(26)17(13)19-18(23-27)14-3-1-2-4-16(14)24(19)7-9-28-10-8-25/h1-6,11,25,27H,7-10H2,(H,22,26)/b19-17-,23-18+. The minimum Gasteiger partial charge on any atom is -0.410 e. The van der Waals surface area contributed by atoms with Crippen molar-refractivity contribution in [3.05, 3.63) is 63.8 Å². The second-order valence-electron chi connectivity index (χ2n) is 6.32. The Morgan fingerprint density at radius 1 is 1.14 bits per heavy atom. The predicted octanol–water partition coefficient (Wildman–Crippen LogP) is 2.82. The number of benzene rings is 2. The number of carbonyl (C=O) groups is 1. The maximum Gasteiger partial charge on any atom is 0.258 e. The van der Waals surface area contributed by atoms with Crippen LogP contribution in [0, 0.1) is 0 Å². The van der Waals surface area contributed by atoms with Crippen LogP contribution in [0.15, 0.2) is 57.8 Å². The number of fused-ring (bicyclic) bond motifs is 2. The summed E-state index contributed by atoms with van der Waals surface area (Å²) < 4.78 is 6.29. The molecular weight excluding hydrogens is 426 g/mol. The van der Waals surface area contributed by atoms with Gasteiger partial charge in [-0.1, -0.05) is 45.4 Å². The number of hydrogen-bond acceptors (Lipinski definition) is 6. The van der Waals surface area contributed by atoms with E-state index < -0.39 is 0 Å². The highest BCUT2D eigenvalue weighted by Crippen LogP contribution is 2.43. The Labute approximate surface area is 170 Å².